The average Bonchev–Trinajstić information content (AvgIpc) is 2.94. The van der Waals surface area contributed by atoms with Gasteiger partial charge in [0.05, 0.1) is 5.51 Å². The lowest BCUT2D eigenvalue weighted by Crippen LogP contribution is -2.26. The van der Waals surface area contributed by atoms with Crippen molar-refractivity contribution in [2.24, 2.45) is 5.92 Å². The number of benzene rings is 1. The molecule has 0 saturated carbocycles. The van der Waals surface area contributed by atoms with Gasteiger partial charge in [0.1, 0.15) is 0 Å². The summed E-state index contributed by atoms with van der Waals surface area (Å²) in [4.78, 5) is 5.52. The van der Waals surface area contributed by atoms with Crippen molar-refractivity contribution < 1.29 is 0 Å². The van der Waals surface area contributed by atoms with E-state index in [1.807, 2.05) is 23.8 Å². The Kier molecular flexibility index (Phi) is 6.51. The molecule has 0 spiro atoms. The van der Waals surface area contributed by atoms with Gasteiger partial charge in [0.15, 0.2) is 0 Å². The van der Waals surface area contributed by atoms with Crippen LogP contribution >= 0.6 is 22.9 Å². The van der Waals surface area contributed by atoms with Gasteiger partial charge in [-0.25, -0.2) is 0 Å². The Bertz CT molecular complexity index is 499. The molecule has 0 aliphatic rings. The minimum absolute atomic E-state index is 0.557. The van der Waals surface area contributed by atoms with E-state index in [9.17, 15) is 0 Å². The summed E-state index contributed by atoms with van der Waals surface area (Å²) in [6.45, 7) is 4.29. The molecule has 2 aromatic rings. The first-order valence-corrected chi connectivity index (χ1v) is 8.36. The van der Waals surface area contributed by atoms with Gasteiger partial charge in [0, 0.05) is 16.1 Å². The van der Waals surface area contributed by atoms with Gasteiger partial charge >= 0.3 is 0 Å². The number of halogens is 1. The van der Waals surface area contributed by atoms with Crippen LogP contribution in [-0.2, 0) is 12.8 Å². The fraction of sp³-hybridized carbons (Fsp3) is 0.438. The quantitative estimate of drug-likeness (QED) is 0.739. The van der Waals surface area contributed by atoms with E-state index in [2.05, 4.69) is 29.4 Å². The van der Waals surface area contributed by atoms with Gasteiger partial charge in [-0.1, -0.05) is 36.7 Å². The summed E-state index contributed by atoms with van der Waals surface area (Å²) in [6, 6.07) is 8.14. The van der Waals surface area contributed by atoms with Crippen LogP contribution in [0.4, 0.5) is 0 Å². The van der Waals surface area contributed by atoms with Crippen molar-refractivity contribution in [3.05, 3.63) is 51.4 Å². The van der Waals surface area contributed by atoms with Crippen LogP contribution in [-0.4, -0.2) is 18.1 Å². The third kappa shape index (κ3) is 4.89. The summed E-state index contributed by atoms with van der Waals surface area (Å²) in [5.74, 6) is 0.557. The second-order valence-electron chi connectivity index (χ2n) is 5.04. The fourth-order valence-corrected chi connectivity index (χ4v) is 3.23. The van der Waals surface area contributed by atoms with Crippen LogP contribution in [0, 0.1) is 5.92 Å². The van der Waals surface area contributed by atoms with E-state index in [4.69, 9.17) is 11.6 Å². The third-order valence-electron chi connectivity index (χ3n) is 3.30. The van der Waals surface area contributed by atoms with Gasteiger partial charge in [0.2, 0.25) is 0 Å². The predicted molar refractivity (Wildman–Crippen MR) is 87.6 cm³/mol. The molecule has 0 aliphatic carbocycles. The van der Waals surface area contributed by atoms with E-state index in [0.29, 0.717) is 5.92 Å². The van der Waals surface area contributed by atoms with Gasteiger partial charge in [-0.2, -0.15) is 0 Å². The smallest absolute Gasteiger partial charge is 0.0794 e. The monoisotopic (exact) mass is 308 g/mol. The van der Waals surface area contributed by atoms with Crippen LogP contribution in [0.5, 0.6) is 0 Å². The number of thiazole rings is 1. The molecule has 2 nitrogen and oxygen atoms in total. The fourth-order valence-electron chi connectivity index (χ4n) is 2.30. The molecule has 1 aromatic heterocycles. The molecule has 1 atom stereocenters. The standard InChI is InChI=1S/C16H21ClN2S/c1-2-7-18-10-13(9-15-11-19-12-20-15)8-14-5-3-4-6-16(14)17/h3-6,11-13,18H,2,7-10H2,1H3. The highest BCUT2D eigenvalue weighted by Gasteiger charge is 2.13. The van der Waals surface area contributed by atoms with Gasteiger partial charge < -0.3 is 5.32 Å². The molecule has 1 heterocycles. The first-order valence-electron chi connectivity index (χ1n) is 7.11. The molecular weight excluding hydrogens is 288 g/mol. The first kappa shape index (κ1) is 15.5. The highest BCUT2D eigenvalue weighted by molar-refractivity contribution is 7.09. The third-order valence-corrected chi connectivity index (χ3v) is 4.47. The van der Waals surface area contributed by atoms with E-state index < -0.39 is 0 Å². The summed E-state index contributed by atoms with van der Waals surface area (Å²) < 4.78 is 0. The molecule has 0 radical (unpaired) electrons. The number of hydrogen-bond donors (Lipinski definition) is 1. The molecule has 2 rings (SSSR count). The summed E-state index contributed by atoms with van der Waals surface area (Å²) >= 11 is 8.01. The number of rotatable bonds is 8. The van der Waals surface area contributed by atoms with Crippen LogP contribution < -0.4 is 5.32 Å². The first-order chi connectivity index (χ1) is 9.79. The normalized spacial score (nSPS) is 12.5. The van der Waals surface area contributed by atoms with E-state index in [0.717, 1.165) is 31.0 Å². The minimum Gasteiger partial charge on any atom is -0.316 e. The highest BCUT2D eigenvalue weighted by Crippen LogP contribution is 2.22. The summed E-state index contributed by atoms with van der Waals surface area (Å²) in [5, 5.41) is 4.40. The zero-order chi connectivity index (χ0) is 14.2. The number of nitrogens with zero attached hydrogens (tertiary/aromatic N) is 1. The Hall–Kier alpha value is -0.900. The maximum atomic E-state index is 6.28. The summed E-state index contributed by atoms with van der Waals surface area (Å²) in [6.07, 6.45) is 5.21. The number of nitrogens with one attached hydrogen (secondary N) is 1. The molecule has 0 bridgehead atoms. The second-order valence-corrected chi connectivity index (χ2v) is 6.42. The lowest BCUT2D eigenvalue weighted by atomic mass is 9.95. The van der Waals surface area contributed by atoms with Crippen LogP contribution in [0.3, 0.4) is 0 Å². The number of hydrogen-bond acceptors (Lipinski definition) is 3. The molecule has 0 amide bonds. The molecule has 1 aromatic carbocycles. The molecule has 20 heavy (non-hydrogen) atoms. The van der Waals surface area contributed by atoms with Crippen LogP contribution in [0.25, 0.3) is 0 Å². The van der Waals surface area contributed by atoms with Crippen molar-refractivity contribution in [1.82, 2.24) is 10.3 Å². The SMILES string of the molecule is CCCNCC(Cc1cncs1)Cc1ccccc1Cl. The zero-order valence-corrected chi connectivity index (χ0v) is 13.4. The van der Waals surface area contributed by atoms with Crippen molar-refractivity contribution in [1.29, 1.82) is 0 Å². The highest BCUT2D eigenvalue weighted by atomic mass is 35.5. The van der Waals surface area contributed by atoms with Crippen molar-refractivity contribution in [2.45, 2.75) is 26.2 Å². The maximum Gasteiger partial charge on any atom is 0.0794 e. The van der Waals surface area contributed by atoms with Crippen molar-refractivity contribution in [2.75, 3.05) is 13.1 Å². The molecular formula is C16H21ClN2S. The molecule has 0 aliphatic heterocycles. The largest absolute Gasteiger partial charge is 0.316 e. The Labute approximate surface area is 130 Å². The van der Waals surface area contributed by atoms with E-state index in [-0.39, 0.29) is 0 Å². The summed E-state index contributed by atoms with van der Waals surface area (Å²) in [5.41, 5.74) is 3.14. The Balaban J connectivity index is 1.99. The molecule has 0 fully saturated rings. The zero-order valence-electron chi connectivity index (χ0n) is 11.8. The lowest BCUT2D eigenvalue weighted by Gasteiger charge is -2.17. The lowest BCUT2D eigenvalue weighted by molar-refractivity contribution is 0.473. The second kappa shape index (κ2) is 8.40. The van der Waals surface area contributed by atoms with Crippen molar-refractivity contribution in [3.8, 4) is 0 Å². The van der Waals surface area contributed by atoms with E-state index in [1.54, 1.807) is 11.3 Å². The molecule has 1 unspecified atom stereocenters. The summed E-state index contributed by atoms with van der Waals surface area (Å²) in [7, 11) is 0. The van der Waals surface area contributed by atoms with Gasteiger partial charge in [-0.15, -0.1) is 11.3 Å². The Morgan fingerprint density at radius 3 is 2.85 bits per heavy atom. The number of aromatic nitrogens is 1. The molecule has 108 valence electrons. The van der Waals surface area contributed by atoms with Crippen LogP contribution in [0.2, 0.25) is 5.02 Å². The van der Waals surface area contributed by atoms with E-state index >= 15 is 0 Å². The molecule has 1 N–H and O–H groups in total. The average molecular weight is 309 g/mol. The Morgan fingerprint density at radius 1 is 1.30 bits per heavy atom. The van der Waals surface area contributed by atoms with Gasteiger partial charge in [-0.05, 0) is 49.9 Å². The Morgan fingerprint density at radius 2 is 2.15 bits per heavy atom. The topological polar surface area (TPSA) is 24.9 Å². The van der Waals surface area contributed by atoms with Crippen LogP contribution in [0.1, 0.15) is 23.8 Å². The van der Waals surface area contributed by atoms with Gasteiger partial charge in [-0.3, -0.25) is 4.98 Å². The van der Waals surface area contributed by atoms with Gasteiger partial charge in [0.25, 0.3) is 0 Å². The molecule has 4 heteroatoms. The van der Waals surface area contributed by atoms with Crippen molar-refractivity contribution >= 4 is 22.9 Å². The predicted octanol–water partition coefficient (Wildman–Crippen LogP) is 4.20. The van der Waals surface area contributed by atoms with Crippen LogP contribution in [0.15, 0.2) is 36.0 Å². The van der Waals surface area contributed by atoms with Crippen molar-refractivity contribution in [3.63, 3.8) is 0 Å². The maximum absolute atomic E-state index is 6.28. The molecule has 0 saturated heterocycles. The van der Waals surface area contributed by atoms with E-state index in [1.165, 1.54) is 16.9 Å². The minimum atomic E-state index is 0.557.